The number of nitrogens with one attached hydrogen (secondary N) is 1. The Labute approximate surface area is 132 Å². The summed E-state index contributed by atoms with van der Waals surface area (Å²) in [5.74, 6) is -0.0405. The number of rotatable bonds is 7. The normalized spacial score (nSPS) is 17.2. The Morgan fingerprint density at radius 3 is 2.50 bits per heavy atom. The zero-order valence-corrected chi connectivity index (χ0v) is 13.4. The minimum Gasteiger partial charge on any atom is -0.388 e. The van der Waals surface area contributed by atoms with Crippen molar-refractivity contribution >= 4 is 5.91 Å². The van der Waals surface area contributed by atoms with Crippen LogP contribution in [0, 0.1) is 0 Å². The molecular weight excluding hydrogens is 278 g/mol. The van der Waals surface area contributed by atoms with Crippen LogP contribution in [0.2, 0.25) is 0 Å². The molecule has 4 heteroatoms. The predicted octanol–water partition coefficient (Wildman–Crippen LogP) is 2.23. The first-order valence-electron chi connectivity index (χ1n) is 8.26. The Bertz CT molecular complexity index is 464. The number of aryl methyl sites for hydroxylation is 1. The molecule has 1 aliphatic rings. The van der Waals surface area contributed by atoms with Crippen molar-refractivity contribution in [3.63, 3.8) is 0 Å². The minimum atomic E-state index is -0.808. The molecule has 0 aliphatic carbocycles. The van der Waals surface area contributed by atoms with Crippen molar-refractivity contribution in [2.45, 2.75) is 51.0 Å². The number of aliphatic hydroxyl groups is 1. The maximum Gasteiger partial charge on any atom is 0.224 e. The second kappa shape index (κ2) is 8.30. The van der Waals surface area contributed by atoms with Crippen molar-refractivity contribution in [1.29, 1.82) is 0 Å². The Morgan fingerprint density at radius 2 is 1.86 bits per heavy atom. The highest BCUT2D eigenvalue weighted by atomic mass is 16.5. The van der Waals surface area contributed by atoms with E-state index in [1.54, 1.807) is 0 Å². The molecule has 1 saturated heterocycles. The summed E-state index contributed by atoms with van der Waals surface area (Å²) in [4.78, 5) is 12.0. The van der Waals surface area contributed by atoms with Gasteiger partial charge < -0.3 is 15.2 Å². The molecule has 122 valence electrons. The van der Waals surface area contributed by atoms with Gasteiger partial charge in [-0.1, -0.05) is 37.6 Å². The Morgan fingerprint density at radius 1 is 1.23 bits per heavy atom. The van der Waals surface area contributed by atoms with Crippen molar-refractivity contribution < 1.29 is 14.6 Å². The summed E-state index contributed by atoms with van der Waals surface area (Å²) in [6, 6.07) is 8.25. The Hall–Kier alpha value is -1.39. The number of carbonyl (C=O) groups excluding carboxylic acids is 1. The molecule has 1 heterocycles. The molecule has 2 N–H and O–H groups in total. The number of amides is 1. The van der Waals surface area contributed by atoms with Crippen LogP contribution in [0.5, 0.6) is 0 Å². The molecule has 2 rings (SSSR count). The second-order valence-electron chi connectivity index (χ2n) is 6.21. The highest BCUT2D eigenvalue weighted by Crippen LogP contribution is 2.19. The lowest BCUT2D eigenvalue weighted by Gasteiger charge is -2.32. The van der Waals surface area contributed by atoms with Crippen LogP contribution < -0.4 is 5.32 Å². The third-order valence-corrected chi connectivity index (χ3v) is 4.24. The standard InChI is InChI=1S/C18H27NO3/c1-2-3-4-15-5-7-16(8-6-15)13-17(20)19-14-18(21)9-11-22-12-10-18/h5-8,21H,2-4,9-14H2,1H3,(H,19,20). The number of hydrogen-bond donors (Lipinski definition) is 2. The molecule has 0 spiro atoms. The van der Waals surface area contributed by atoms with E-state index >= 15 is 0 Å². The van der Waals surface area contributed by atoms with Gasteiger partial charge in [-0.05, 0) is 24.0 Å². The molecule has 4 nitrogen and oxygen atoms in total. The summed E-state index contributed by atoms with van der Waals surface area (Å²) in [6.45, 7) is 3.62. The number of unbranched alkanes of at least 4 members (excludes halogenated alkanes) is 1. The van der Waals surface area contributed by atoms with E-state index in [1.165, 1.54) is 18.4 Å². The molecule has 1 aromatic rings. The van der Waals surface area contributed by atoms with Gasteiger partial charge >= 0.3 is 0 Å². The molecule has 0 atom stereocenters. The van der Waals surface area contributed by atoms with Gasteiger partial charge in [0.25, 0.3) is 0 Å². The molecule has 0 unspecified atom stereocenters. The summed E-state index contributed by atoms with van der Waals surface area (Å²) in [6.07, 6.45) is 5.01. The Kier molecular flexibility index (Phi) is 6.40. The average molecular weight is 305 g/mol. The maximum atomic E-state index is 12.0. The van der Waals surface area contributed by atoms with Gasteiger partial charge in [0.05, 0.1) is 12.0 Å². The lowest BCUT2D eigenvalue weighted by atomic mass is 9.94. The summed E-state index contributed by atoms with van der Waals surface area (Å²) >= 11 is 0. The molecule has 1 fully saturated rings. The first-order chi connectivity index (χ1) is 10.6. The fraction of sp³-hybridized carbons (Fsp3) is 0.611. The highest BCUT2D eigenvalue weighted by Gasteiger charge is 2.29. The van der Waals surface area contributed by atoms with E-state index in [9.17, 15) is 9.90 Å². The van der Waals surface area contributed by atoms with Crippen LogP contribution in [-0.2, 0) is 22.4 Å². The van der Waals surface area contributed by atoms with Gasteiger partial charge in [0, 0.05) is 32.6 Å². The Balaban J connectivity index is 1.76. The van der Waals surface area contributed by atoms with Crippen molar-refractivity contribution in [3.8, 4) is 0 Å². The van der Waals surface area contributed by atoms with Crippen LogP contribution >= 0.6 is 0 Å². The monoisotopic (exact) mass is 305 g/mol. The van der Waals surface area contributed by atoms with E-state index in [2.05, 4.69) is 24.4 Å². The predicted molar refractivity (Wildman–Crippen MR) is 86.8 cm³/mol. The third-order valence-electron chi connectivity index (χ3n) is 4.24. The van der Waals surface area contributed by atoms with Crippen molar-refractivity contribution in [1.82, 2.24) is 5.32 Å². The average Bonchev–Trinajstić information content (AvgIpc) is 2.53. The lowest BCUT2D eigenvalue weighted by molar-refractivity contribution is -0.123. The lowest BCUT2D eigenvalue weighted by Crippen LogP contribution is -2.46. The molecule has 1 aromatic carbocycles. The first kappa shape index (κ1) is 17.0. The van der Waals surface area contributed by atoms with E-state index in [4.69, 9.17) is 4.74 Å². The SMILES string of the molecule is CCCCc1ccc(CC(=O)NCC2(O)CCOCC2)cc1. The molecule has 1 amide bonds. The van der Waals surface area contributed by atoms with Crippen LogP contribution in [0.15, 0.2) is 24.3 Å². The summed E-state index contributed by atoms with van der Waals surface area (Å²) in [7, 11) is 0. The molecule has 0 saturated carbocycles. The molecule has 0 bridgehead atoms. The van der Waals surface area contributed by atoms with Gasteiger partial charge in [0.15, 0.2) is 0 Å². The summed E-state index contributed by atoms with van der Waals surface area (Å²) < 4.78 is 5.23. The van der Waals surface area contributed by atoms with Gasteiger partial charge in [-0.3, -0.25) is 4.79 Å². The van der Waals surface area contributed by atoms with Gasteiger partial charge in [-0.15, -0.1) is 0 Å². The van der Waals surface area contributed by atoms with E-state index in [0.29, 0.717) is 39.0 Å². The van der Waals surface area contributed by atoms with Crippen LogP contribution in [0.3, 0.4) is 0 Å². The van der Waals surface area contributed by atoms with Crippen molar-refractivity contribution in [3.05, 3.63) is 35.4 Å². The van der Waals surface area contributed by atoms with Crippen molar-refractivity contribution in [2.75, 3.05) is 19.8 Å². The summed E-state index contributed by atoms with van der Waals surface area (Å²) in [5.41, 5.74) is 1.53. The minimum absolute atomic E-state index is 0.0405. The number of ether oxygens (including phenoxy) is 1. The topological polar surface area (TPSA) is 58.6 Å². The molecule has 0 aromatic heterocycles. The zero-order valence-electron chi connectivity index (χ0n) is 13.4. The second-order valence-corrected chi connectivity index (χ2v) is 6.21. The van der Waals surface area contributed by atoms with E-state index in [-0.39, 0.29) is 5.91 Å². The number of benzene rings is 1. The van der Waals surface area contributed by atoms with E-state index in [0.717, 1.165) is 12.0 Å². The quantitative estimate of drug-likeness (QED) is 0.812. The zero-order chi connectivity index (χ0) is 15.8. The highest BCUT2D eigenvalue weighted by molar-refractivity contribution is 5.78. The number of hydrogen-bond acceptors (Lipinski definition) is 3. The van der Waals surface area contributed by atoms with Gasteiger partial charge in [-0.2, -0.15) is 0 Å². The molecule has 0 radical (unpaired) electrons. The van der Waals surface area contributed by atoms with Gasteiger partial charge in [-0.25, -0.2) is 0 Å². The smallest absolute Gasteiger partial charge is 0.224 e. The van der Waals surface area contributed by atoms with Gasteiger partial charge in [0.1, 0.15) is 0 Å². The third kappa shape index (κ3) is 5.43. The van der Waals surface area contributed by atoms with Crippen LogP contribution in [0.4, 0.5) is 0 Å². The van der Waals surface area contributed by atoms with Crippen LogP contribution in [0.25, 0.3) is 0 Å². The fourth-order valence-corrected chi connectivity index (χ4v) is 2.64. The van der Waals surface area contributed by atoms with Crippen molar-refractivity contribution in [2.24, 2.45) is 0 Å². The summed E-state index contributed by atoms with van der Waals surface area (Å²) in [5, 5.41) is 13.2. The van der Waals surface area contributed by atoms with E-state index < -0.39 is 5.60 Å². The van der Waals surface area contributed by atoms with E-state index in [1.807, 2.05) is 12.1 Å². The number of carbonyl (C=O) groups is 1. The molecule has 1 aliphatic heterocycles. The largest absolute Gasteiger partial charge is 0.388 e. The maximum absolute atomic E-state index is 12.0. The fourth-order valence-electron chi connectivity index (χ4n) is 2.64. The van der Waals surface area contributed by atoms with Crippen LogP contribution in [-0.4, -0.2) is 36.4 Å². The van der Waals surface area contributed by atoms with Crippen LogP contribution in [0.1, 0.15) is 43.7 Å². The molecular formula is C18H27NO3. The molecule has 22 heavy (non-hydrogen) atoms. The first-order valence-corrected chi connectivity index (χ1v) is 8.26. The van der Waals surface area contributed by atoms with Gasteiger partial charge in [0.2, 0.25) is 5.91 Å².